The molecule has 0 radical (unpaired) electrons. The van der Waals surface area contributed by atoms with E-state index in [1.165, 1.54) is 18.2 Å². The van der Waals surface area contributed by atoms with Crippen molar-refractivity contribution in [1.82, 2.24) is 10.2 Å². The van der Waals surface area contributed by atoms with Crippen molar-refractivity contribution in [2.75, 3.05) is 11.6 Å². The molecule has 112 valence electrons. The molecule has 2 aromatic rings. The molecule has 0 amide bonds. The first-order valence-corrected chi connectivity index (χ1v) is 7.92. The van der Waals surface area contributed by atoms with Crippen molar-refractivity contribution < 1.29 is 13.3 Å². The number of anilines is 1. The summed E-state index contributed by atoms with van der Waals surface area (Å²) in [7, 11) is -3.69. The Bertz CT molecular complexity index is 756. The summed E-state index contributed by atoms with van der Waals surface area (Å²) in [5.74, 6) is 0. The van der Waals surface area contributed by atoms with E-state index in [-0.39, 0.29) is 16.6 Å². The van der Waals surface area contributed by atoms with Gasteiger partial charge in [0.2, 0.25) is 0 Å². The minimum atomic E-state index is -3.69. The van der Waals surface area contributed by atoms with Crippen LogP contribution in [0.25, 0.3) is 0 Å². The van der Waals surface area contributed by atoms with Gasteiger partial charge >= 0.3 is 5.69 Å². The van der Waals surface area contributed by atoms with E-state index in [4.69, 9.17) is 0 Å². The molecule has 1 aromatic carbocycles. The predicted octanol–water partition coefficient (Wildman–Crippen LogP) is 1.89. The number of hydrogen-bond acceptors (Lipinski definition) is 6. The Balaban J connectivity index is 2.47. The van der Waals surface area contributed by atoms with E-state index in [2.05, 4.69) is 15.5 Å². The van der Waals surface area contributed by atoms with Gasteiger partial charge in [-0.25, -0.2) is 8.42 Å². The predicted molar refractivity (Wildman–Crippen MR) is 76.8 cm³/mol. The molecule has 0 spiro atoms. The monoisotopic (exact) mass is 310 g/mol. The van der Waals surface area contributed by atoms with Gasteiger partial charge in [0.1, 0.15) is 10.6 Å². The highest BCUT2D eigenvalue weighted by atomic mass is 32.2. The summed E-state index contributed by atoms with van der Waals surface area (Å²) in [6.45, 7) is 1.79. The Kier molecular flexibility index (Phi) is 3.94. The zero-order valence-corrected chi connectivity index (χ0v) is 12.2. The number of H-pyrrole nitrogens is 1. The summed E-state index contributed by atoms with van der Waals surface area (Å²) in [5.41, 5.74) is 0.501. The van der Waals surface area contributed by atoms with Gasteiger partial charge in [-0.2, -0.15) is 5.10 Å². The third-order valence-electron chi connectivity index (χ3n) is 2.97. The molecule has 21 heavy (non-hydrogen) atoms. The van der Waals surface area contributed by atoms with Gasteiger partial charge in [0.05, 0.1) is 17.2 Å². The Morgan fingerprint density at radius 1 is 1.43 bits per heavy atom. The van der Waals surface area contributed by atoms with Crippen LogP contribution in [0.5, 0.6) is 0 Å². The highest BCUT2D eigenvalue weighted by molar-refractivity contribution is 7.90. The maximum Gasteiger partial charge on any atom is 0.310 e. The van der Waals surface area contributed by atoms with Crippen molar-refractivity contribution in [3.8, 4) is 0 Å². The largest absolute Gasteiger partial charge is 0.373 e. The smallest absolute Gasteiger partial charge is 0.310 e. The molecule has 0 aliphatic rings. The highest BCUT2D eigenvalue weighted by Crippen LogP contribution is 2.33. The summed E-state index contributed by atoms with van der Waals surface area (Å²) in [4.78, 5) is 10.2. The van der Waals surface area contributed by atoms with E-state index in [0.29, 0.717) is 0 Å². The van der Waals surface area contributed by atoms with Crippen molar-refractivity contribution in [3.63, 3.8) is 0 Å². The Morgan fingerprint density at radius 3 is 2.67 bits per heavy atom. The molecule has 2 N–H and O–H groups in total. The molecule has 1 aromatic heterocycles. The maximum absolute atomic E-state index is 11.7. The molecule has 2 rings (SSSR count). The molecule has 0 aliphatic heterocycles. The van der Waals surface area contributed by atoms with E-state index in [1.807, 2.05) is 0 Å². The number of aromatic amines is 1. The summed E-state index contributed by atoms with van der Waals surface area (Å²) in [6, 6.07) is 3.90. The van der Waals surface area contributed by atoms with Crippen LogP contribution in [0.15, 0.2) is 35.5 Å². The third kappa shape index (κ3) is 3.19. The number of para-hydroxylation sites is 1. The van der Waals surface area contributed by atoms with Crippen LogP contribution in [-0.4, -0.2) is 29.8 Å². The minimum absolute atomic E-state index is 0.150. The van der Waals surface area contributed by atoms with E-state index < -0.39 is 20.4 Å². The first-order chi connectivity index (χ1) is 9.80. The van der Waals surface area contributed by atoms with Crippen LogP contribution in [-0.2, 0) is 9.84 Å². The van der Waals surface area contributed by atoms with Crippen LogP contribution < -0.4 is 5.32 Å². The van der Waals surface area contributed by atoms with E-state index in [0.717, 1.165) is 11.8 Å². The molecule has 9 heteroatoms. The highest BCUT2D eigenvalue weighted by Gasteiger charge is 2.26. The Hall–Kier alpha value is -2.42. The topological polar surface area (TPSA) is 118 Å². The fourth-order valence-electron chi connectivity index (χ4n) is 1.94. The number of hydrogen-bond donors (Lipinski definition) is 2. The normalized spacial score (nSPS) is 12.9. The summed E-state index contributed by atoms with van der Waals surface area (Å²) >= 11 is 0. The third-order valence-corrected chi connectivity index (χ3v) is 4.10. The first-order valence-electron chi connectivity index (χ1n) is 6.03. The molecular formula is C12H14N4O4S. The molecule has 1 unspecified atom stereocenters. The molecule has 1 heterocycles. The van der Waals surface area contributed by atoms with Gasteiger partial charge in [-0.05, 0) is 19.1 Å². The van der Waals surface area contributed by atoms with Gasteiger partial charge in [0.25, 0.3) is 0 Å². The fraction of sp³-hybridized carbons (Fsp3) is 0.250. The molecule has 0 saturated heterocycles. The Morgan fingerprint density at radius 2 is 2.14 bits per heavy atom. The lowest BCUT2D eigenvalue weighted by molar-refractivity contribution is -0.386. The number of benzene rings is 1. The van der Waals surface area contributed by atoms with E-state index >= 15 is 0 Å². The SMILES string of the molecule is CC(Nc1cccc(S(C)(=O)=O)c1[N+](=O)[O-])c1cn[nH]c1. The second kappa shape index (κ2) is 5.52. The van der Waals surface area contributed by atoms with Crippen LogP contribution in [0.1, 0.15) is 18.5 Å². The standard InChI is InChI=1S/C12H14N4O4S/c1-8(9-6-13-14-7-9)15-10-4-3-5-11(21(2,19)20)12(10)16(17)18/h3-8,15H,1-2H3,(H,13,14). The summed E-state index contributed by atoms with van der Waals surface area (Å²) in [6.07, 6.45) is 4.19. The lowest BCUT2D eigenvalue weighted by Crippen LogP contribution is -2.10. The quantitative estimate of drug-likeness (QED) is 0.643. The lowest BCUT2D eigenvalue weighted by atomic mass is 10.1. The number of nitrogens with one attached hydrogen (secondary N) is 2. The zero-order chi connectivity index (χ0) is 15.6. The number of nitrogens with zero attached hydrogens (tertiary/aromatic N) is 2. The van der Waals surface area contributed by atoms with Crippen molar-refractivity contribution in [3.05, 3.63) is 46.3 Å². The van der Waals surface area contributed by atoms with Gasteiger partial charge in [0.15, 0.2) is 9.84 Å². The Labute approximate surface area is 121 Å². The molecule has 8 nitrogen and oxygen atoms in total. The number of rotatable bonds is 5. The molecule has 0 fully saturated rings. The number of aromatic nitrogens is 2. The van der Waals surface area contributed by atoms with Crippen LogP contribution in [0.2, 0.25) is 0 Å². The van der Waals surface area contributed by atoms with Gasteiger partial charge in [-0.3, -0.25) is 15.2 Å². The van der Waals surface area contributed by atoms with Gasteiger partial charge in [-0.15, -0.1) is 0 Å². The average molecular weight is 310 g/mol. The van der Waals surface area contributed by atoms with Crippen LogP contribution >= 0.6 is 0 Å². The molecule has 0 aliphatic carbocycles. The van der Waals surface area contributed by atoms with E-state index in [9.17, 15) is 18.5 Å². The van der Waals surface area contributed by atoms with Crippen molar-refractivity contribution >= 4 is 21.2 Å². The van der Waals surface area contributed by atoms with Crippen LogP contribution in [0.3, 0.4) is 0 Å². The molecule has 0 saturated carbocycles. The van der Waals surface area contributed by atoms with Gasteiger partial charge in [0, 0.05) is 18.0 Å². The maximum atomic E-state index is 11.7. The van der Waals surface area contributed by atoms with Crippen LogP contribution in [0, 0.1) is 10.1 Å². The zero-order valence-electron chi connectivity index (χ0n) is 11.4. The average Bonchev–Trinajstić information content (AvgIpc) is 2.91. The van der Waals surface area contributed by atoms with Crippen LogP contribution in [0.4, 0.5) is 11.4 Å². The molecular weight excluding hydrogens is 296 g/mol. The number of nitro benzene ring substituents is 1. The molecule has 1 atom stereocenters. The van der Waals surface area contributed by atoms with Crippen molar-refractivity contribution in [1.29, 1.82) is 0 Å². The first kappa shape index (κ1) is 15.0. The minimum Gasteiger partial charge on any atom is -0.373 e. The number of sulfone groups is 1. The summed E-state index contributed by atoms with van der Waals surface area (Å²) < 4.78 is 23.4. The van der Waals surface area contributed by atoms with Crippen molar-refractivity contribution in [2.45, 2.75) is 17.9 Å². The second-order valence-electron chi connectivity index (χ2n) is 4.58. The number of nitro groups is 1. The van der Waals surface area contributed by atoms with Gasteiger partial charge in [-0.1, -0.05) is 6.07 Å². The summed E-state index contributed by atoms with van der Waals surface area (Å²) in [5, 5.41) is 20.6. The van der Waals surface area contributed by atoms with E-state index in [1.54, 1.807) is 19.3 Å². The van der Waals surface area contributed by atoms with Gasteiger partial charge < -0.3 is 5.32 Å². The second-order valence-corrected chi connectivity index (χ2v) is 6.56. The fourth-order valence-corrected chi connectivity index (χ4v) is 2.80. The lowest BCUT2D eigenvalue weighted by Gasteiger charge is -2.14. The molecule has 0 bridgehead atoms. The van der Waals surface area contributed by atoms with Crippen molar-refractivity contribution in [2.24, 2.45) is 0 Å².